The van der Waals surface area contributed by atoms with E-state index in [0.29, 0.717) is 12.1 Å². The lowest BCUT2D eigenvalue weighted by atomic mass is 10.1. The molecule has 0 aliphatic rings. The van der Waals surface area contributed by atoms with Crippen LogP contribution in [0.4, 0.5) is 9.18 Å². The number of benzene rings is 1. The van der Waals surface area contributed by atoms with Gasteiger partial charge in [-0.2, -0.15) is 0 Å². The number of aliphatic hydroxyl groups excluding tert-OH is 1. The smallest absolute Gasteiger partial charge is 0.321 e. The largest absolute Gasteiger partial charge is 0.478 e. The minimum absolute atomic E-state index is 0.127. The average molecular weight is 298 g/mol. The second-order valence-electron chi connectivity index (χ2n) is 4.47. The summed E-state index contributed by atoms with van der Waals surface area (Å²) in [5.74, 6) is -1.50. The second kappa shape index (κ2) is 7.58. The fourth-order valence-corrected chi connectivity index (χ4v) is 1.53. The molecule has 7 heteroatoms. The molecule has 0 spiro atoms. The SMILES string of the molecule is CCNC(=O)NC(=O)C(C)Oc1ccc([C@H](C)O)cc1F. The Morgan fingerprint density at radius 3 is 2.57 bits per heavy atom. The fraction of sp³-hybridized carbons (Fsp3) is 0.429. The van der Waals surface area contributed by atoms with Gasteiger partial charge in [0.05, 0.1) is 6.10 Å². The minimum Gasteiger partial charge on any atom is -0.478 e. The van der Waals surface area contributed by atoms with Crippen LogP contribution in [-0.2, 0) is 4.79 Å². The highest BCUT2D eigenvalue weighted by molar-refractivity contribution is 5.96. The zero-order valence-electron chi connectivity index (χ0n) is 12.1. The van der Waals surface area contributed by atoms with Gasteiger partial charge in [-0.1, -0.05) is 6.07 Å². The number of hydrogen-bond acceptors (Lipinski definition) is 4. The molecule has 0 bridgehead atoms. The van der Waals surface area contributed by atoms with E-state index < -0.39 is 30.0 Å². The summed E-state index contributed by atoms with van der Waals surface area (Å²) in [5.41, 5.74) is 0.402. The number of rotatable bonds is 5. The van der Waals surface area contributed by atoms with Gasteiger partial charge >= 0.3 is 6.03 Å². The molecule has 0 aliphatic heterocycles. The van der Waals surface area contributed by atoms with Crippen molar-refractivity contribution in [1.29, 1.82) is 0 Å². The highest BCUT2D eigenvalue weighted by atomic mass is 19.1. The number of ether oxygens (including phenoxy) is 1. The first-order chi connectivity index (χ1) is 9.85. The van der Waals surface area contributed by atoms with Gasteiger partial charge in [0.1, 0.15) is 0 Å². The highest BCUT2D eigenvalue weighted by Crippen LogP contribution is 2.22. The maximum atomic E-state index is 13.8. The van der Waals surface area contributed by atoms with Crippen LogP contribution in [0.5, 0.6) is 5.75 Å². The lowest BCUT2D eigenvalue weighted by Crippen LogP contribution is -2.45. The molecule has 0 fully saturated rings. The first-order valence-corrected chi connectivity index (χ1v) is 6.58. The Morgan fingerprint density at radius 2 is 2.05 bits per heavy atom. The van der Waals surface area contributed by atoms with Gasteiger partial charge in [-0.15, -0.1) is 0 Å². The van der Waals surface area contributed by atoms with Gasteiger partial charge < -0.3 is 15.2 Å². The Morgan fingerprint density at radius 1 is 1.38 bits per heavy atom. The molecule has 0 saturated carbocycles. The van der Waals surface area contributed by atoms with Crippen molar-refractivity contribution in [1.82, 2.24) is 10.6 Å². The Bertz CT molecular complexity index is 520. The molecule has 6 nitrogen and oxygen atoms in total. The first-order valence-electron chi connectivity index (χ1n) is 6.58. The molecule has 0 radical (unpaired) electrons. The quantitative estimate of drug-likeness (QED) is 0.768. The van der Waals surface area contributed by atoms with Gasteiger partial charge in [-0.3, -0.25) is 10.1 Å². The third kappa shape index (κ3) is 5.03. The molecule has 3 N–H and O–H groups in total. The molecule has 116 valence electrons. The fourth-order valence-electron chi connectivity index (χ4n) is 1.53. The summed E-state index contributed by atoms with van der Waals surface area (Å²) in [5, 5.41) is 13.8. The number of imide groups is 1. The van der Waals surface area contributed by atoms with Crippen molar-refractivity contribution in [2.75, 3.05) is 6.54 Å². The molecule has 1 unspecified atom stereocenters. The van der Waals surface area contributed by atoms with Crippen LogP contribution >= 0.6 is 0 Å². The molecule has 21 heavy (non-hydrogen) atoms. The Hall–Kier alpha value is -2.15. The standard InChI is InChI=1S/C14H19FN2O4/c1-4-16-14(20)17-13(19)9(3)21-12-6-5-10(8(2)18)7-11(12)15/h5-9,18H,4H2,1-3H3,(H2,16,17,19,20)/t8-,9?/m0/s1. The molecule has 0 saturated heterocycles. The number of hydrogen-bond donors (Lipinski definition) is 3. The van der Waals surface area contributed by atoms with Gasteiger partial charge in [0, 0.05) is 6.54 Å². The van der Waals surface area contributed by atoms with Crippen LogP contribution in [0.3, 0.4) is 0 Å². The predicted molar refractivity (Wildman–Crippen MR) is 74.3 cm³/mol. The maximum Gasteiger partial charge on any atom is 0.321 e. The zero-order valence-corrected chi connectivity index (χ0v) is 12.1. The minimum atomic E-state index is -1.04. The van der Waals surface area contributed by atoms with Crippen molar-refractivity contribution >= 4 is 11.9 Å². The second-order valence-corrected chi connectivity index (χ2v) is 4.47. The molecule has 1 aromatic rings. The first kappa shape index (κ1) is 16.9. The van der Waals surface area contributed by atoms with E-state index in [-0.39, 0.29) is 5.75 Å². The van der Waals surface area contributed by atoms with Crippen LogP contribution in [-0.4, -0.2) is 29.7 Å². The van der Waals surface area contributed by atoms with Gasteiger partial charge in [-0.05, 0) is 38.5 Å². The molecule has 3 amide bonds. The van der Waals surface area contributed by atoms with Crippen LogP contribution in [0.15, 0.2) is 18.2 Å². The zero-order chi connectivity index (χ0) is 16.0. The molecule has 1 rings (SSSR count). The Kier molecular flexibility index (Phi) is 6.10. The highest BCUT2D eigenvalue weighted by Gasteiger charge is 2.19. The number of nitrogens with one attached hydrogen (secondary N) is 2. The van der Waals surface area contributed by atoms with Crippen molar-refractivity contribution < 1.29 is 23.8 Å². The molecule has 2 atom stereocenters. The van der Waals surface area contributed by atoms with E-state index in [9.17, 15) is 19.1 Å². The van der Waals surface area contributed by atoms with Crippen molar-refractivity contribution in [2.24, 2.45) is 0 Å². The van der Waals surface area contributed by atoms with Gasteiger partial charge in [0.2, 0.25) is 0 Å². The van der Waals surface area contributed by atoms with Crippen LogP contribution in [0, 0.1) is 5.82 Å². The summed E-state index contributed by atoms with van der Waals surface area (Å²) in [6, 6.07) is 3.32. The third-order valence-corrected chi connectivity index (χ3v) is 2.69. The molecule has 0 aliphatic carbocycles. The summed E-state index contributed by atoms with van der Waals surface area (Å²) >= 11 is 0. The van der Waals surface area contributed by atoms with Crippen molar-refractivity contribution in [3.8, 4) is 5.75 Å². The average Bonchev–Trinajstić information content (AvgIpc) is 2.40. The summed E-state index contributed by atoms with van der Waals surface area (Å²) in [6.45, 7) is 5.00. The summed E-state index contributed by atoms with van der Waals surface area (Å²) in [4.78, 5) is 22.9. The lowest BCUT2D eigenvalue weighted by molar-refractivity contribution is -0.126. The van der Waals surface area contributed by atoms with Gasteiger partial charge in [-0.25, -0.2) is 9.18 Å². The topological polar surface area (TPSA) is 87.7 Å². The van der Waals surface area contributed by atoms with E-state index in [0.717, 1.165) is 6.07 Å². The van der Waals surface area contributed by atoms with Crippen LogP contribution < -0.4 is 15.4 Å². The molecular weight excluding hydrogens is 279 g/mol. The van der Waals surface area contributed by atoms with Crippen molar-refractivity contribution in [2.45, 2.75) is 33.0 Å². The number of halogens is 1. The maximum absolute atomic E-state index is 13.8. The number of amides is 3. The predicted octanol–water partition coefficient (Wildman–Crippen LogP) is 1.49. The number of carbonyl (C=O) groups excluding carboxylic acids is 2. The number of aliphatic hydroxyl groups is 1. The summed E-state index contributed by atoms with van der Waals surface area (Å²) in [7, 11) is 0. The van der Waals surface area contributed by atoms with E-state index in [1.54, 1.807) is 6.92 Å². The molecule has 1 aromatic carbocycles. The lowest BCUT2D eigenvalue weighted by Gasteiger charge is -2.15. The van der Waals surface area contributed by atoms with Crippen molar-refractivity contribution in [3.63, 3.8) is 0 Å². The van der Waals surface area contributed by atoms with Gasteiger partial charge in [0.15, 0.2) is 17.7 Å². The van der Waals surface area contributed by atoms with E-state index in [1.807, 2.05) is 0 Å². The Labute approximate surface area is 122 Å². The summed E-state index contributed by atoms with van der Waals surface area (Å²) in [6.07, 6.45) is -1.84. The number of carbonyl (C=O) groups is 2. The van der Waals surface area contributed by atoms with E-state index in [1.165, 1.54) is 26.0 Å². The number of urea groups is 1. The molecule has 0 heterocycles. The Balaban J connectivity index is 2.68. The van der Waals surface area contributed by atoms with Crippen LogP contribution in [0.1, 0.15) is 32.4 Å². The monoisotopic (exact) mass is 298 g/mol. The molecule has 0 aromatic heterocycles. The van der Waals surface area contributed by atoms with Crippen LogP contribution in [0.25, 0.3) is 0 Å². The van der Waals surface area contributed by atoms with E-state index in [2.05, 4.69) is 10.6 Å². The molecular formula is C14H19FN2O4. The van der Waals surface area contributed by atoms with E-state index >= 15 is 0 Å². The third-order valence-electron chi connectivity index (χ3n) is 2.69. The summed E-state index contributed by atoms with van der Waals surface area (Å²) < 4.78 is 18.9. The van der Waals surface area contributed by atoms with Gasteiger partial charge in [0.25, 0.3) is 5.91 Å². The normalized spacial score (nSPS) is 13.2. The van der Waals surface area contributed by atoms with Crippen LogP contribution in [0.2, 0.25) is 0 Å². The van der Waals surface area contributed by atoms with Crippen molar-refractivity contribution in [3.05, 3.63) is 29.6 Å². The van der Waals surface area contributed by atoms with E-state index in [4.69, 9.17) is 4.74 Å².